The molecule has 0 rings (SSSR count). The molecule has 0 aromatic carbocycles. The summed E-state index contributed by atoms with van der Waals surface area (Å²) in [6, 6.07) is 0. The molecule has 0 saturated heterocycles. The molecule has 2 atom stereocenters. The third kappa shape index (κ3) is 3.14. The molecule has 7 heteroatoms. The Kier molecular flexibility index (Phi) is 4.67. The fourth-order valence-electron chi connectivity index (χ4n) is 1.73. The van der Waals surface area contributed by atoms with Crippen LogP contribution in [0, 0.1) is 0 Å². The first-order valence-corrected chi connectivity index (χ1v) is 7.15. The molecular formula is C10H14F6Si. The monoisotopic (exact) mass is 276 g/mol. The van der Waals surface area contributed by atoms with Crippen LogP contribution < -0.4 is 0 Å². The van der Waals surface area contributed by atoms with Gasteiger partial charge in [0.25, 0.3) is 0 Å². The van der Waals surface area contributed by atoms with Crippen molar-refractivity contribution in [2.45, 2.75) is 37.3 Å². The minimum Gasteiger partial charge on any atom is -0.171 e. The lowest BCUT2D eigenvalue weighted by Crippen LogP contribution is -2.49. The maximum absolute atomic E-state index is 12.6. The van der Waals surface area contributed by atoms with E-state index in [2.05, 4.69) is 13.2 Å². The molecule has 0 aliphatic carbocycles. The molecule has 17 heavy (non-hydrogen) atoms. The maximum Gasteiger partial charge on any atom is 0.389 e. The third-order valence-corrected chi connectivity index (χ3v) is 8.26. The first-order chi connectivity index (χ1) is 7.43. The molecule has 2 unspecified atom stereocenters. The van der Waals surface area contributed by atoms with E-state index in [9.17, 15) is 26.3 Å². The number of halogens is 6. The summed E-state index contributed by atoms with van der Waals surface area (Å²) in [5.41, 5.74) is -2.50. The van der Waals surface area contributed by atoms with E-state index in [1.54, 1.807) is 0 Å². The molecule has 0 heterocycles. The van der Waals surface area contributed by atoms with E-state index >= 15 is 0 Å². The SMILES string of the molecule is C=C[Si](C=C)(C(C)C(F)(F)F)C(C)C(F)(F)F. The molecule has 0 aliphatic heterocycles. The maximum atomic E-state index is 12.6. The Balaban J connectivity index is 5.62. The Labute approximate surface area is 97.0 Å². The Hall–Kier alpha value is -0.723. The van der Waals surface area contributed by atoms with Crippen LogP contribution >= 0.6 is 0 Å². The summed E-state index contributed by atoms with van der Waals surface area (Å²) in [6.07, 6.45) is -9.37. The summed E-state index contributed by atoms with van der Waals surface area (Å²) in [6.45, 7) is 7.85. The van der Waals surface area contributed by atoms with Crippen LogP contribution in [0.1, 0.15) is 13.8 Å². The van der Waals surface area contributed by atoms with Crippen molar-refractivity contribution in [2.75, 3.05) is 0 Å². The van der Waals surface area contributed by atoms with E-state index in [4.69, 9.17) is 0 Å². The largest absolute Gasteiger partial charge is 0.389 e. The van der Waals surface area contributed by atoms with Crippen molar-refractivity contribution >= 4 is 8.07 Å². The lowest BCUT2D eigenvalue weighted by atomic mass is 10.4. The Morgan fingerprint density at radius 1 is 0.824 bits per heavy atom. The molecular weight excluding hydrogens is 262 g/mol. The molecule has 0 radical (unpaired) electrons. The fourth-order valence-corrected chi connectivity index (χ4v) is 5.20. The number of hydrogen-bond acceptors (Lipinski definition) is 0. The van der Waals surface area contributed by atoms with Crippen molar-refractivity contribution in [3.05, 3.63) is 24.6 Å². The van der Waals surface area contributed by atoms with E-state index in [1.807, 2.05) is 0 Å². The fraction of sp³-hybridized carbons (Fsp3) is 0.600. The van der Waals surface area contributed by atoms with E-state index in [0.717, 1.165) is 25.2 Å². The van der Waals surface area contributed by atoms with Crippen LogP contribution in [0.2, 0.25) is 11.1 Å². The molecule has 0 N–H and O–H groups in total. The van der Waals surface area contributed by atoms with Gasteiger partial charge in [-0.15, -0.1) is 13.2 Å². The zero-order chi connectivity index (χ0) is 14.1. The molecule has 0 amide bonds. The van der Waals surface area contributed by atoms with Crippen LogP contribution in [-0.2, 0) is 0 Å². The van der Waals surface area contributed by atoms with Gasteiger partial charge in [0.05, 0.1) is 11.1 Å². The molecule has 0 aliphatic rings. The summed E-state index contributed by atoms with van der Waals surface area (Å²) in [5.74, 6) is 0. The van der Waals surface area contributed by atoms with Gasteiger partial charge in [-0.2, -0.15) is 26.3 Å². The normalized spacial score (nSPS) is 17.4. The second-order valence-electron chi connectivity index (χ2n) is 3.93. The predicted molar refractivity (Wildman–Crippen MR) is 57.1 cm³/mol. The Bertz CT molecular complexity index is 260. The van der Waals surface area contributed by atoms with Gasteiger partial charge in [0.1, 0.15) is 8.07 Å². The minimum absolute atomic E-state index is 0.762. The van der Waals surface area contributed by atoms with Gasteiger partial charge < -0.3 is 0 Å². The first kappa shape index (κ1) is 16.3. The second-order valence-corrected chi connectivity index (χ2v) is 8.48. The molecule has 0 aromatic heterocycles. The van der Waals surface area contributed by atoms with Crippen LogP contribution in [0.15, 0.2) is 24.6 Å². The van der Waals surface area contributed by atoms with Crippen LogP contribution in [0.5, 0.6) is 0 Å². The lowest BCUT2D eigenvalue weighted by Gasteiger charge is -2.38. The molecule has 0 bridgehead atoms. The molecule has 100 valence electrons. The van der Waals surface area contributed by atoms with Crippen LogP contribution in [0.4, 0.5) is 26.3 Å². The summed E-state index contributed by atoms with van der Waals surface area (Å²) >= 11 is 0. The van der Waals surface area contributed by atoms with Gasteiger partial charge in [-0.25, -0.2) is 0 Å². The van der Waals surface area contributed by atoms with Gasteiger partial charge in [0, 0.05) is 0 Å². The van der Waals surface area contributed by atoms with Crippen LogP contribution in [-0.4, -0.2) is 20.4 Å². The average molecular weight is 276 g/mol. The Morgan fingerprint density at radius 2 is 1.06 bits per heavy atom. The third-order valence-electron chi connectivity index (χ3n) is 3.19. The van der Waals surface area contributed by atoms with Gasteiger partial charge in [0.2, 0.25) is 0 Å². The first-order valence-electron chi connectivity index (χ1n) is 4.84. The van der Waals surface area contributed by atoms with Crippen LogP contribution in [0.3, 0.4) is 0 Å². The Morgan fingerprint density at radius 3 is 1.18 bits per heavy atom. The molecule has 0 spiro atoms. The minimum atomic E-state index is -4.69. The highest BCUT2D eigenvalue weighted by Crippen LogP contribution is 2.50. The summed E-state index contributed by atoms with van der Waals surface area (Å²) in [5, 5.41) is 0. The summed E-state index contributed by atoms with van der Waals surface area (Å²) < 4.78 is 75.8. The van der Waals surface area contributed by atoms with Crippen molar-refractivity contribution in [1.82, 2.24) is 0 Å². The number of rotatable bonds is 4. The summed E-state index contributed by atoms with van der Waals surface area (Å²) in [7, 11) is -3.94. The molecule has 0 saturated carbocycles. The van der Waals surface area contributed by atoms with E-state index < -0.39 is 31.5 Å². The van der Waals surface area contributed by atoms with E-state index in [-0.39, 0.29) is 0 Å². The van der Waals surface area contributed by atoms with Crippen molar-refractivity contribution in [3.8, 4) is 0 Å². The number of alkyl halides is 6. The van der Waals surface area contributed by atoms with Gasteiger partial charge >= 0.3 is 12.4 Å². The van der Waals surface area contributed by atoms with E-state index in [1.165, 1.54) is 0 Å². The van der Waals surface area contributed by atoms with Gasteiger partial charge in [0.15, 0.2) is 0 Å². The second kappa shape index (κ2) is 4.87. The van der Waals surface area contributed by atoms with Gasteiger partial charge in [-0.1, -0.05) is 25.2 Å². The molecule has 0 nitrogen and oxygen atoms in total. The van der Waals surface area contributed by atoms with Crippen LogP contribution in [0.25, 0.3) is 0 Å². The highest BCUT2D eigenvalue weighted by molar-refractivity contribution is 6.91. The van der Waals surface area contributed by atoms with E-state index in [0.29, 0.717) is 0 Å². The highest BCUT2D eigenvalue weighted by Gasteiger charge is 2.58. The zero-order valence-corrected chi connectivity index (χ0v) is 10.5. The van der Waals surface area contributed by atoms with Gasteiger partial charge in [-0.05, 0) is 0 Å². The van der Waals surface area contributed by atoms with Crippen molar-refractivity contribution in [2.24, 2.45) is 0 Å². The quantitative estimate of drug-likeness (QED) is 0.511. The number of hydrogen-bond donors (Lipinski definition) is 0. The average Bonchev–Trinajstić information content (AvgIpc) is 2.17. The zero-order valence-electron chi connectivity index (χ0n) is 9.49. The molecule has 0 aromatic rings. The highest BCUT2D eigenvalue weighted by atomic mass is 28.3. The summed E-state index contributed by atoms with van der Waals surface area (Å²) in [4.78, 5) is 0. The van der Waals surface area contributed by atoms with Crippen molar-refractivity contribution < 1.29 is 26.3 Å². The topological polar surface area (TPSA) is 0 Å². The van der Waals surface area contributed by atoms with Crippen molar-refractivity contribution in [1.29, 1.82) is 0 Å². The predicted octanol–water partition coefficient (Wildman–Crippen LogP) is 4.79. The van der Waals surface area contributed by atoms with Gasteiger partial charge in [-0.3, -0.25) is 0 Å². The molecule has 0 fully saturated rings. The van der Waals surface area contributed by atoms with Crippen molar-refractivity contribution in [3.63, 3.8) is 0 Å². The smallest absolute Gasteiger partial charge is 0.171 e. The lowest BCUT2D eigenvalue weighted by molar-refractivity contribution is -0.142. The standard InChI is InChI=1S/C10H14F6Si/c1-5-17(6-2,7(3)9(11,12)13)8(4)10(14,15)16/h5-8H,1-2H2,3-4H3.